The quantitative estimate of drug-likeness (QED) is 0.176. The van der Waals surface area contributed by atoms with E-state index in [0.717, 1.165) is 11.5 Å². The second-order valence-corrected chi connectivity index (χ2v) is 44.8. The second-order valence-electron chi connectivity index (χ2n) is 17.0. The van der Waals surface area contributed by atoms with Crippen LogP contribution in [0.3, 0.4) is 0 Å². The van der Waals surface area contributed by atoms with Crippen LogP contribution in [0.5, 0.6) is 11.5 Å². The fraction of sp³-hybridized carbons (Fsp3) is 0.364. The summed E-state index contributed by atoms with van der Waals surface area (Å²) >= 11 is -5.43. The number of hydrogen-bond acceptors (Lipinski definition) is 2. The van der Waals surface area contributed by atoms with E-state index in [0.29, 0.717) is 0 Å². The van der Waals surface area contributed by atoms with Crippen LogP contribution in [0.1, 0.15) is 107 Å². The normalized spacial score (nSPS) is 18.5. The molecule has 0 spiro atoms. The van der Waals surface area contributed by atoms with Crippen LogP contribution in [0.2, 0.25) is 13.1 Å². The molecule has 2 unspecified atom stereocenters. The predicted octanol–water partition coefficient (Wildman–Crippen LogP) is 12.2. The van der Waals surface area contributed by atoms with Gasteiger partial charge in [-0.1, -0.05) is 0 Å². The van der Waals surface area contributed by atoms with Crippen molar-refractivity contribution in [3.05, 3.63) is 141 Å². The molecule has 2 nitrogen and oxygen atoms in total. The fourth-order valence-corrected chi connectivity index (χ4v) is 45.2. The summed E-state index contributed by atoms with van der Waals surface area (Å²) in [5.41, 5.74) is 12.9. The molecule has 6 rings (SSSR count). The Morgan fingerprint density at radius 3 is 1.27 bits per heavy atom. The molecule has 0 fully saturated rings. The van der Waals surface area contributed by atoms with Crippen LogP contribution in [0.15, 0.2) is 96.1 Å². The number of rotatable bonds is 7. The zero-order valence-corrected chi connectivity index (χ0v) is 34.9. The number of fused-ring (bicyclic) bond motifs is 2. The minimum absolute atomic E-state index is 0.0528. The average Bonchev–Trinajstić information content (AvgIpc) is 3.53. The molecule has 0 aliphatic heterocycles. The topological polar surface area (TPSA) is 18.5 Å². The van der Waals surface area contributed by atoms with E-state index < -0.39 is 24.7 Å². The SMILES string of the molecule is CC1=Cc2ccccc2[CH]1[Zr]([O]c1ccc(C)cc1C(C)(C)C)([O]c1ccc(C)cc1C(C)(C)C)([CH]1C(C)=Cc2ccccc21)[SiH](C)C. The Morgan fingerprint density at radius 2 is 0.917 bits per heavy atom. The average molecular weight is 735 g/mol. The van der Waals surface area contributed by atoms with Crippen LogP contribution in [0.4, 0.5) is 0 Å². The third kappa shape index (κ3) is 5.56. The Labute approximate surface area is 293 Å². The molecule has 0 saturated carbocycles. The molecule has 0 bridgehead atoms. The first-order valence-corrected chi connectivity index (χ1v) is 29.8. The number of allylic oxidation sites excluding steroid dienone is 2. The summed E-state index contributed by atoms with van der Waals surface area (Å²) in [5.74, 6) is 0.110. The van der Waals surface area contributed by atoms with Crippen molar-refractivity contribution in [2.45, 2.75) is 100 Å². The van der Waals surface area contributed by atoms with Crippen molar-refractivity contribution >= 4 is 18.1 Å². The summed E-state index contributed by atoms with van der Waals surface area (Å²) in [6.45, 7) is 28.1. The molecular weight excluding hydrogens is 680 g/mol. The van der Waals surface area contributed by atoms with E-state index in [1.807, 2.05) is 0 Å². The maximum atomic E-state index is 8.46. The van der Waals surface area contributed by atoms with Gasteiger partial charge in [0.05, 0.1) is 0 Å². The van der Waals surface area contributed by atoms with Gasteiger partial charge in [0.15, 0.2) is 0 Å². The minimum atomic E-state index is -5.43. The molecule has 2 aliphatic carbocycles. The Hall–Kier alpha value is -2.94. The monoisotopic (exact) mass is 733 g/mol. The molecule has 0 amide bonds. The van der Waals surface area contributed by atoms with E-state index in [9.17, 15) is 0 Å². The molecule has 0 aromatic heterocycles. The van der Waals surface area contributed by atoms with E-state index in [1.165, 1.54) is 55.7 Å². The van der Waals surface area contributed by atoms with Crippen LogP contribution >= 0.6 is 0 Å². The van der Waals surface area contributed by atoms with Crippen molar-refractivity contribution in [2.75, 3.05) is 0 Å². The maximum absolute atomic E-state index is 8.46. The molecule has 251 valence electrons. The van der Waals surface area contributed by atoms with E-state index in [-0.39, 0.29) is 18.1 Å². The van der Waals surface area contributed by atoms with Crippen LogP contribution in [0.25, 0.3) is 12.2 Å². The summed E-state index contributed by atoms with van der Waals surface area (Å²) in [7, 11) is 0. The van der Waals surface area contributed by atoms with E-state index in [1.54, 1.807) is 0 Å². The van der Waals surface area contributed by atoms with Crippen molar-refractivity contribution in [3.63, 3.8) is 0 Å². The number of benzene rings is 4. The van der Waals surface area contributed by atoms with Gasteiger partial charge in [0, 0.05) is 0 Å². The van der Waals surface area contributed by atoms with Crippen molar-refractivity contribution in [1.82, 2.24) is 0 Å². The molecule has 0 N–H and O–H groups in total. The van der Waals surface area contributed by atoms with Gasteiger partial charge in [-0.25, -0.2) is 0 Å². The van der Waals surface area contributed by atoms with Gasteiger partial charge in [0.2, 0.25) is 0 Å². The van der Waals surface area contributed by atoms with Crippen molar-refractivity contribution in [3.8, 4) is 11.5 Å². The van der Waals surface area contributed by atoms with Gasteiger partial charge < -0.3 is 0 Å². The molecule has 0 saturated heterocycles. The summed E-state index contributed by atoms with van der Waals surface area (Å²) in [6.07, 6.45) is 4.85. The number of hydrogen-bond donors (Lipinski definition) is 0. The second kappa shape index (κ2) is 12.1. The molecule has 4 aromatic carbocycles. The van der Waals surface area contributed by atoms with Crippen LogP contribution in [-0.4, -0.2) is 5.92 Å². The standard InChI is InChI=1S/2C11H16O.2C10H9.C2H7Si.Zr/c2*1-8-5-6-10(12)9(7-8)11(2,3)4;2*1-8-6-9-4-2-3-5-10(9)7-8;1-3-2;/h2*5-7,12H,1-4H3;2*2-7H,1H3;3H,1-2H3;/q;;;;;+2/p-2. The van der Waals surface area contributed by atoms with Gasteiger partial charge in [-0.3, -0.25) is 0 Å². The summed E-state index contributed by atoms with van der Waals surface area (Å²) < 4.78 is 17.0. The first kappa shape index (κ1) is 34.9. The van der Waals surface area contributed by atoms with E-state index >= 15 is 0 Å². The first-order valence-electron chi connectivity index (χ1n) is 17.8. The third-order valence-corrected chi connectivity index (χ3v) is 48.1. The first-order chi connectivity index (χ1) is 22.5. The van der Waals surface area contributed by atoms with Crippen LogP contribution in [-0.2, 0) is 29.7 Å². The third-order valence-electron chi connectivity index (χ3n) is 11.1. The Kier molecular flexibility index (Phi) is 8.82. The van der Waals surface area contributed by atoms with Crippen molar-refractivity contribution in [2.24, 2.45) is 0 Å². The molecule has 48 heavy (non-hydrogen) atoms. The predicted molar refractivity (Wildman–Crippen MR) is 206 cm³/mol. The molecule has 0 heterocycles. The zero-order valence-electron chi connectivity index (χ0n) is 31.3. The van der Waals surface area contributed by atoms with Gasteiger partial charge in [-0.05, 0) is 0 Å². The molecular formula is C44H55O2SiZr. The van der Waals surface area contributed by atoms with Gasteiger partial charge in [-0.15, -0.1) is 0 Å². The van der Waals surface area contributed by atoms with Gasteiger partial charge in [-0.2, -0.15) is 0 Å². The summed E-state index contributed by atoms with van der Waals surface area (Å²) in [6, 6.07) is 31.8. The Bertz CT molecular complexity index is 1810. The zero-order chi connectivity index (χ0) is 34.8. The van der Waals surface area contributed by atoms with Gasteiger partial charge >= 0.3 is 295 Å². The van der Waals surface area contributed by atoms with E-state index in [4.69, 9.17) is 5.63 Å². The van der Waals surface area contributed by atoms with Crippen LogP contribution < -0.4 is 5.63 Å². The fourth-order valence-electron chi connectivity index (χ4n) is 8.90. The van der Waals surface area contributed by atoms with E-state index in [2.05, 4.69) is 179 Å². The Balaban J connectivity index is 1.83. The Morgan fingerprint density at radius 1 is 0.542 bits per heavy atom. The molecule has 0 radical (unpaired) electrons. The van der Waals surface area contributed by atoms with Gasteiger partial charge in [0.1, 0.15) is 0 Å². The number of aryl methyl sites for hydroxylation is 2. The summed E-state index contributed by atoms with van der Waals surface area (Å²) in [5, 5.41) is 0. The summed E-state index contributed by atoms with van der Waals surface area (Å²) in [4.78, 5) is 0. The van der Waals surface area contributed by atoms with Crippen molar-refractivity contribution < 1.29 is 24.4 Å². The van der Waals surface area contributed by atoms with Gasteiger partial charge in [0.25, 0.3) is 0 Å². The van der Waals surface area contributed by atoms with Crippen LogP contribution in [0, 0.1) is 13.8 Å². The molecule has 4 aromatic rings. The van der Waals surface area contributed by atoms with Crippen molar-refractivity contribution in [1.29, 1.82) is 0 Å². The molecule has 2 atom stereocenters. The molecule has 4 heteroatoms. The molecule has 2 aliphatic rings.